The van der Waals surface area contributed by atoms with Crippen LogP contribution in [0.5, 0.6) is 0 Å². The van der Waals surface area contributed by atoms with Crippen LogP contribution in [-0.2, 0) is 27.2 Å². The molecule has 2 aromatic carbocycles. The maximum absolute atomic E-state index is 12.8. The van der Waals surface area contributed by atoms with Gasteiger partial charge in [-0.05, 0) is 29.7 Å². The fourth-order valence-electron chi connectivity index (χ4n) is 3.49. The van der Waals surface area contributed by atoms with Crippen LogP contribution in [0.15, 0.2) is 65.3 Å². The minimum absolute atomic E-state index is 0.0214. The van der Waals surface area contributed by atoms with Crippen molar-refractivity contribution in [2.75, 3.05) is 6.54 Å². The fraction of sp³-hybridized carbons (Fsp3) is 0.304. The van der Waals surface area contributed by atoms with Gasteiger partial charge in [-0.2, -0.15) is 0 Å². The first-order valence-electron chi connectivity index (χ1n) is 10.8. The van der Waals surface area contributed by atoms with Gasteiger partial charge >= 0.3 is 11.9 Å². The Kier molecular flexibility index (Phi) is 8.33. The van der Waals surface area contributed by atoms with E-state index in [2.05, 4.69) is 25.5 Å². The molecular weight excluding hydrogens is 438 g/mol. The van der Waals surface area contributed by atoms with Crippen LogP contribution in [0, 0.1) is 5.92 Å². The number of nitrogens with zero attached hydrogens (tertiary/aromatic N) is 5. The maximum Gasteiger partial charge on any atom is 0.320 e. The number of fused-ring (bicyclic) bond motifs is 1. The minimum Gasteiger partial charge on any atom is -0.480 e. The largest absolute Gasteiger partial charge is 0.480 e. The fourth-order valence-corrected chi connectivity index (χ4v) is 3.49. The van der Waals surface area contributed by atoms with Crippen LogP contribution in [-0.4, -0.2) is 45.1 Å². The molecule has 0 spiro atoms. The predicted molar refractivity (Wildman–Crippen MR) is 123 cm³/mol. The number of nitrogens with two attached hydrogens (primary N) is 1. The second-order valence-electron chi connectivity index (χ2n) is 7.71. The van der Waals surface area contributed by atoms with E-state index >= 15 is 0 Å². The van der Waals surface area contributed by atoms with E-state index in [1.807, 2.05) is 42.5 Å². The van der Waals surface area contributed by atoms with E-state index < -0.39 is 23.8 Å². The highest BCUT2D eigenvalue weighted by Gasteiger charge is 2.25. The lowest BCUT2D eigenvalue weighted by molar-refractivity contribution is -0.138. The first-order chi connectivity index (χ1) is 16.4. The first kappa shape index (κ1) is 24.4. The van der Waals surface area contributed by atoms with Gasteiger partial charge in [0.05, 0.1) is 21.6 Å². The van der Waals surface area contributed by atoms with Crippen molar-refractivity contribution in [3.63, 3.8) is 0 Å². The maximum atomic E-state index is 12.8. The van der Waals surface area contributed by atoms with Crippen molar-refractivity contribution in [2.24, 2.45) is 22.0 Å². The van der Waals surface area contributed by atoms with E-state index in [-0.39, 0.29) is 18.7 Å². The summed E-state index contributed by atoms with van der Waals surface area (Å²) in [6, 6.07) is 12.6. The summed E-state index contributed by atoms with van der Waals surface area (Å²) in [5.74, 6) is -2.68. The van der Waals surface area contributed by atoms with Crippen molar-refractivity contribution in [3.8, 4) is 0 Å². The van der Waals surface area contributed by atoms with E-state index in [1.165, 1.54) is 17.2 Å². The number of hydrogen-bond acceptors (Lipinski definition) is 6. The van der Waals surface area contributed by atoms with E-state index in [1.54, 1.807) is 6.92 Å². The summed E-state index contributed by atoms with van der Waals surface area (Å²) in [5.41, 5.74) is 6.83. The number of carbonyl (C=O) groups excluding carboxylic acids is 2. The molecule has 11 heteroatoms. The average Bonchev–Trinajstić information content (AvgIpc) is 3.26. The normalized spacial score (nSPS) is 12.4. The molecule has 1 heterocycles. The Morgan fingerprint density at radius 2 is 1.94 bits per heavy atom. The Morgan fingerprint density at radius 3 is 2.71 bits per heavy atom. The van der Waals surface area contributed by atoms with Gasteiger partial charge in [0.15, 0.2) is 0 Å². The number of hydrogen-bond donors (Lipinski definition) is 3. The summed E-state index contributed by atoms with van der Waals surface area (Å²) >= 11 is 0. The van der Waals surface area contributed by atoms with Crippen molar-refractivity contribution < 1.29 is 19.5 Å². The standard InChI is InChI=1S/C23H25N7O4/c1-2-25-21(31)11-17(10-16-8-5-7-15-6-3-4-9-19(15)16)22(32)27-28-29-30-13-18(26-14-30)12-20(24)23(33)34/h3-9,13-14,17,20H,2,10-12,24H2,1H3,(H-,25,31,33,34)/p+1/t17?,20-/m0/s1. The van der Waals surface area contributed by atoms with Gasteiger partial charge in [0.2, 0.25) is 17.5 Å². The van der Waals surface area contributed by atoms with Gasteiger partial charge in [-0.15, -0.1) is 0 Å². The number of carboxylic acid groups (broad SMARTS) is 1. The molecule has 0 fully saturated rings. The zero-order chi connectivity index (χ0) is 24.5. The Morgan fingerprint density at radius 1 is 1.18 bits per heavy atom. The SMILES string of the molecule is CCNC(=O)CC(Cc1cccc2ccccc12)C(=O)N=[N+]=Nn1cnc(C[C@H](N)C(=O)O)c1. The molecule has 0 saturated carbocycles. The molecule has 1 aromatic heterocycles. The summed E-state index contributed by atoms with van der Waals surface area (Å²) in [6.45, 7) is 2.26. The van der Waals surface area contributed by atoms with Crippen molar-refractivity contribution in [1.29, 1.82) is 0 Å². The lowest BCUT2D eigenvalue weighted by Crippen LogP contribution is -2.32. The molecule has 0 aliphatic carbocycles. The average molecular weight is 465 g/mol. The molecule has 3 aromatic rings. The summed E-state index contributed by atoms with van der Waals surface area (Å²) in [4.78, 5) is 43.5. The monoisotopic (exact) mass is 464 g/mol. The molecule has 2 atom stereocenters. The molecular formula is C23H26N7O4+. The molecule has 0 aliphatic rings. The molecule has 0 bridgehead atoms. The Labute approximate surface area is 195 Å². The number of benzene rings is 2. The summed E-state index contributed by atoms with van der Waals surface area (Å²) in [7, 11) is 0. The third-order valence-electron chi connectivity index (χ3n) is 5.16. The molecule has 1 unspecified atom stereocenters. The first-order valence-corrected chi connectivity index (χ1v) is 10.8. The number of amides is 2. The quantitative estimate of drug-likeness (QED) is 0.305. The van der Waals surface area contributed by atoms with Crippen LogP contribution in [0.3, 0.4) is 0 Å². The van der Waals surface area contributed by atoms with E-state index in [0.717, 1.165) is 16.3 Å². The van der Waals surface area contributed by atoms with Crippen LogP contribution < -0.4 is 16.0 Å². The summed E-state index contributed by atoms with van der Waals surface area (Å²) in [5, 5.41) is 21.1. The molecule has 3 rings (SSSR count). The second-order valence-corrected chi connectivity index (χ2v) is 7.71. The van der Waals surface area contributed by atoms with Crippen LogP contribution in [0.1, 0.15) is 24.6 Å². The highest BCUT2D eigenvalue weighted by Crippen LogP contribution is 2.23. The molecule has 0 radical (unpaired) electrons. The van der Waals surface area contributed by atoms with E-state index in [0.29, 0.717) is 18.7 Å². The second kappa shape index (κ2) is 11.6. The molecule has 34 heavy (non-hydrogen) atoms. The number of nitrogens with one attached hydrogen (secondary N) is 1. The van der Waals surface area contributed by atoms with Gasteiger partial charge in [0.1, 0.15) is 12.2 Å². The van der Waals surface area contributed by atoms with Crippen LogP contribution in [0.25, 0.3) is 10.8 Å². The Bertz CT molecular complexity index is 1240. The molecule has 0 saturated heterocycles. The van der Waals surface area contributed by atoms with Gasteiger partial charge < -0.3 is 16.2 Å². The van der Waals surface area contributed by atoms with Crippen LogP contribution >= 0.6 is 0 Å². The number of carbonyl (C=O) groups is 3. The van der Waals surface area contributed by atoms with Crippen molar-refractivity contribution in [1.82, 2.24) is 19.9 Å². The van der Waals surface area contributed by atoms with Crippen molar-refractivity contribution >= 4 is 28.6 Å². The van der Waals surface area contributed by atoms with E-state index in [9.17, 15) is 14.4 Å². The highest BCUT2D eigenvalue weighted by atomic mass is 16.4. The molecule has 2 amide bonds. The third kappa shape index (κ3) is 6.64. The molecule has 0 aliphatic heterocycles. The minimum atomic E-state index is -1.14. The molecule has 176 valence electrons. The van der Waals surface area contributed by atoms with Crippen molar-refractivity contribution in [2.45, 2.75) is 32.2 Å². The highest BCUT2D eigenvalue weighted by molar-refractivity contribution is 5.89. The topological polar surface area (TPSA) is 166 Å². The number of imidazole rings is 1. The van der Waals surface area contributed by atoms with Crippen LogP contribution in [0.4, 0.5) is 0 Å². The molecule has 4 N–H and O–H groups in total. The Balaban J connectivity index is 1.77. The van der Waals surface area contributed by atoms with Crippen molar-refractivity contribution in [3.05, 3.63) is 66.2 Å². The number of carboxylic acids is 1. The lowest BCUT2D eigenvalue weighted by Gasteiger charge is -2.13. The van der Waals surface area contributed by atoms with Gasteiger partial charge in [0.25, 0.3) is 0 Å². The van der Waals surface area contributed by atoms with Gasteiger partial charge in [-0.1, -0.05) is 47.1 Å². The summed E-state index contributed by atoms with van der Waals surface area (Å²) in [6.07, 6.45) is 3.05. The Hall–Kier alpha value is -4.21. The zero-order valence-electron chi connectivity index (χ0n) is 18.7. The van der Waals surface area contributed by atoms with Gasteiger partial charge in [-0.25, -0.2) is 4.98 Å². The third-order valence-corrected chi connectivity index (χ3v) is 5.16. The zero-order valence-corrected chi connectivity index (χ0v) is 18.7. The number of aromatic nitrogens is 2. The van der Waals surface area contributed by atoms with Crippen LogP contribution in [0.2, 0.25) is 0 Å². The number of rotatable bonds is 10. The van der Waals surface area contributed by atoms with Gasteiger partial charge in [0, 0.05) is 19.4 Å². The molecule has 11 nitrogen and oxygen atoms in total. The summed E-state index contributed by atoms with van der Waals surface area (Å²) < 4.78 is 1.20. The van der Waals surface area contributed by atoms with E-state index in [4.69, 9.17) is 10.8 Å². The van der Waals surface area contributed by atoms with Gasteiger partial charge in [-0.3, -0.25) is 14.4 Å². The number of aliphatic carboxylic acids is 1. The predicted octanol–water partition coefficient (Wildman–Crippen LogP) is 1.64. The lowest BCUT2D eigenvalue weighted by atomic mass is 9.92. The smallest absolute Gasteiger partial charge is 0.320 e.